The largest absolute Gasteiger partial charge is 0.459 e. The first-order valence-corrected chi connectivity index (χ1v) is 6.89. The van der Waals surface area contributed by atoms with Crippen LogP contribution >= 0.6 is 12.4 Å². The summed E-state index contributed by atoms with van der Waals surface area (Å²) in [5.41, 5.74) is 0.0856. The maximum absolute atomic E-state index is 12.3. The SMILES string of the molecule is Cl.O=C(c1ccco1)N1CC(CO)C2(CCNCC2)C1. The number of carbonyl (C=O) groups excluding carboxylic acids is 1. The van der Waals surface area contributed by atoms with Crippen molar-refractivity contribution in [1.29, 1.82) is 0 Å². The van der Waals surface area contributed by atoms with E-state index in [4.69, 9.17) is 4.42 Å². The number of piperidine rings is 1. The minimum absolute atomic E-state index is 0. The average Bonchev–Trinajstić information content (AvgIpc) is 3.07. The highest BCUT2D eigenvalue weighted by molar-refractivity contribution is 5.91. The van der Waals surface area contributed by atoms with Gasteiger partial charge in [0.1, 0.15) is 0 Å². The maximum atomic E-state index is 12.3. The number of furan rings is 1. The summed E-state index contributed by atoms with van der Waals surface area (Å²) in [6.07, 6.45) is 3.58. The Morgan fingerprint density at radius 1 is 1.50 bits per heavy atom. The Bertz CT molecular complexity index is 443. The van der Waals surface area contributed by atoms with Crippen molar-refractivity contribution in [3.8, 4) is 0 Å². The van der Waals surface area contributed by atoms with E-state index in [0.717, 1.165) is 32.5 Å². The summed E-state index contributed by atoms with van der Waals surface area (Å²) in [4.78, 5) is 14.2. The summed E-state index contributed by atoms with van der Waals surface area (Å²) >= 11 is 0. The number of rotatable bonds is 2. The second-order valence-corrected chi connectivity index (χ2v) is 5.65. The summed E-state index contributed by atoms with van der Waals surface area (Å²) in [6, 6.07) is 3.43. The van der Waals surface area contributed by atoms with Crippen LogP contribution in [-0.2, 0) is 0 Å². The van der Waals surface area contributed by atoms with Crippen LogP contribution in [0.2, 0.25) is 0 Å². The summed E-state index contributed by atoms with van der Waals surface area (Å²) in [5.74, 6) is 0.523. The van der Waals surface area contributed by atoms with Crippen molar-refractivity contribution >= 4 is 18.3 Å². The first-order chi connectivity index (χ1) is 9.25. The fraction of sp³-hybridized carbons (Fsp3) is 0.643. The monoisotopic (exact) mass is 300 g/mol. The highest BCUT2D eigenvalue weighted by Crippen LogP contribution is 2.43. The van der Waals surface area contributed by atoms with Crippen molar-refractivity contribution < 1.29 is 14.3 Å². The molecule has 1 aromatic rings. The number of halogens is 1. The van der Waals surface area contributed by atoms with Gasteiger partial charge in [0.25, 0.3) is 5.91 Å². The van der Waals surface area contributed by atoms with Gasteiger partial charge in [0.15, 0.2) is 5.76 Å². The molecule has 1 atom stereocenters. The molecule has 1 aromatic heterocycles. The quantitative estimate of drug-likeness (QED) is 0.859. The van der Waals surface area contributed by atoms with Gasteiger partial charge in [0, 0.05) is 25.6 Å². The van der Waals surface area contributed by atoms with Crippen LogP contribution < -0.4 is 5.32 Å². The lowest BCUT2D eigenvalue weighted by molar-refractivity contribution is 0.0726. The number of aliphatic hydroxyl groups is 1. The van der Waals surface area contributed by atoms with E-state index < -0.39 is 0 Å². The molecule has 0 aliphatic carbocycles. The molecule has 20 heavy (non-hydrogen) atoms. The molecule has 6 heteroatoms. The lowest BCUT2D eigenvalue weighted by atomic mass is 9.71. The molecule has 1 amide bonds. The fourth-order valence-corrected chi connectivity index (χ4v) is 3.49. The summed E-state index contributed by atoms with van der Waals surface area (Å²) < 4.78 is 5.19. The number of likely N-dealkylation sites (tertiary alicyclic amines) is 1. The molecule has 2 aliphatic rings. The van der Waals surface area contributed by atoms with Gasteiger partial charge in [-0.05, 0) is 43.5 Å². The summed E-state index contributed by atoms with van der Waals surface area (Å²) in [6.45, 7) is 3.47. The first kappa shape index (κ1) is 15.4. The third-order valence-corrected chi connectivity index (χ3v) is 4.65. The minimum atomic E-state index is -0.0566. The average molecular weight is 301 g/mol. The van der Waals surface area contributed by atoms with Crippen molar-refractivity contribution in [2.45, 2.75) is 12.8 Å². The van der Waals surface area contributed by atoms with Crippen molar-refractivity contribution in [2.75, 3.05) is 32.8 Å². The number of amides is 1. The van der Waals surface area contributed by atoms with Crippen molar-refractivity contribution in [1.82, 2.24) is 10.2 Å². The number of hydrogen-bond donors (Lipinski definition) is 2. The van der Waals surface area contributed by atoms with Gasteiger partial charge in [0.05, 0.1) is 6.26 Å². The Labute approximate surface area is 124 Å². The lowest BCUT2D eigenvalue weighted by Crippen LogP contribution is -2.43. The smallest absolute Gasteiger partial charge is 0.289 e. The topological polar surface area (TPSA) is 65.7 Å². The summed E-state index contributed by atoms with van der Waals surface area (Å²) in [7, 11) is 0. The van der Waals surface area contributed by atoms with Gasteiger partial charge in [-0.25, -0.2) is 0 Å². The zero-order valence-electron chi connectivity index (χ0n) is 11.4. The Morgan fingerprint density at radius 3 is 2.85 bits per heavy atom. The van der Waals surface area contributed by atoms with Gasteiger partial charge in [0.2, 0.25) is 0 Å². The van der Waals surface area contributed by atoms with Crippen LogP contribution in [0.5, 0.6) is 0 Å². The fourth-order valence-electron chi connectivity index (χ4n) is 3.49. The first-order valence-electron chi connectivity index (χ1n) is 6.89. The van der Waals surface area contributed by atoms with Gasteiger partial charge < -0.3 is 19.7 Å². The van der Waals surface area contributed by atoms with E-state index >= 15 is 0 Å². The molecule has 3 heterocycles. The predicted molar refractivity (Wildman–Crippen MR) is 77.0 cm³/mol. The number of hydrogen-bond acceptors (Lipinski definition) is 4. The van der Waals surface area contributed by atoms with Crippen molar-refractivity contribution in [3.05, 3.63) is 24.2 Å². The maximum Gasteiger partial charge on any atom is 0.289 e. The molecule has 5 nitrogen and oxygen atoms in total. The molecule has 2 saturated heterocycles. The normalized spacial score (nSPS) is 24.6. The molecule has 0 aromatic carbocycles. The standard InChI is InChI=1S/C14H20N2O3.ClH/c17-9-11-8-16(13(18)12-2-1-7-19-12)10-14(11)3-5-15-6-4-14;/h1-2,7,11,15,17H,3-6,8-10H2;1H. The van der Waals surface area contributed by atoms with Crippen LogP contribution in [0.1, 0.15) is 23.4 Å². The van der Waals surface area contributed by atoms with Gasteiger partial charge in [-0.3, -0.25) is 4.79 Å². The molecule has 0 bridgehead atoms. The Hall–Kier alpha value is -1.04. The number of nitrogens with one attached hydrogen (secondary N) is 1. The molecule has 3 rings (SSSR count). The second kappa shape index (κ2) is 6.16. The molecule has 112 valence electrons. The molecule has 2 aliphatic heterocycles. The molecule has 1 unspecified atom stereocenters. The van der Waals surface area contributed by atoms with E-state index in [1.54, 1.807) is 12.1 Å². The van der Waals surface area contributed by atoms with Crippen molar-refractivity contribution in [3.63, 3.8) is 0 Å². The Balaban J connectivity index is 0.00000147. The van der Waals surface area contributed by atoms with Crippen LogP contribution in [0.4, 0.5) is 0 Å². The van der Waals surface area contributed by atoms with E-state index in [1.165, 1.54) is 6.26 Å². The van der Waals surface area contributed by atoms with Crippen LogP contribution in [0.15, 0.2) is 22.8 Å². The zero-order valence-corrected chi connectivity index (χ0v) is 12.2. The highest BCUT2D eigenvalue weighted by Gasteiger charge is 2.48. The van der Waals surface area contributed by atoms with E-state index in [9.17, 15) is 9.90 Å². The van der Waals surface area contributed by atoms with Gasteiger partial charge in [-0.2, -0.15) is 0 Å². The van der Waals surface area contributed by atoms with Crippen LogP contribution in [0.25, 0.3) is 0 Å². The van der Waals surface area contributed by atoms with E-state index in [-0.39, 0.29) is 36.3 Å². The third-order valence-electron chi connectivity index (χ3n) is 4.65. The Morgan fingerprint density at radius 2 is 2.25 bits per heavy atom. The number of nitrogens with zero attached hydrogens (tertiary/aromatic N) is 1. The Kier molecular flexibility index (Phi) is 4.73. The zero-order chi connectivity index (χ0) is 13.3. The second-order valence-electron chi connectivity index (χ2n) is 5.65. The molecular formula is C14H21ClN2O3. The highest BCUT2D eigenvalue weighted by atomic mass is 35.5. The van der Waals surface area contributed by atoms with E-state index in [0.29, 0.717) is 12.3 Å². The lowest BCUT2D eigenvalue weighted by Gasteiger charge is -2.37. The van der Waals surface area contributed by atoms with E-state index in [1.807, 2.05) is 4.90 Å². The molecule has 1 spiro atoms. The molecule has 0 radical (unpaired) electrons. The third kappa shape index (κ3) is 2.57. The number of carbonyl (C=O) groups is 1. The summed E-state index contributed by atoms with van der Waals surface area (Å²) in [5, 5.41) is 13.0. The molecule has 0 saturated carbocycles. The van der Waals surface area contributed by atoms with Crippen LogP contribution in [-0.4, -0.2) is 48.7 Å². The van der Waals surface area contributed by atoms with Gasteiger partial charge >= 0.3 is 0 Å². The number of aliphatic hydroxyl groups excluding tert-OH is 1. The van der Waals surface area contributed by atoms with Crippen LogP contribution in [0.3, 0.4) is 0 Å². The molecule has 2 N–H and O–H groups in total. The predicted octanol–water partition coefficient (Wildman–Crippen LogP) is 1.14. The van der Waals surface area contributed by atoms with Gasteiger partial charge in [-0.1, -0.05) is 0 Å². The molecule has 2 fully saturated rings. The van der Waals surface area contributed by atoms with Crippen molar-refractivity contribution in [2.24, 2.45) is 11.3 Å². The van der Waals surface area contributed by atoms with Gasteiger partial charge in [-0.15, -0.1) is 12.4 Å². The molecular weight excluding hydrogens is 280 g/mol. The van der Waals surface area contributed by atoms with Crippen LogP contribution in [0, 0.1) is 11.3 Å². The van der Waals surface area contributed by atoms with E-state index in [2.05, 4.69) is 5.32 Å². The minimum Gasteiger partial charge on any atom is -0.459 e.